The molecule has 0 spiro atoms. The highest BCUT2D eigenvalue weighted by molar-refractivity contribution is 14.0. The predicted octanol–water partition coefficient (Wildman–Crippen LogP) is 1.50. The van der Waals surface area contributed by atoms with Crippen molar-refractivity contribution in [1.82, 2.24) is 16.0 Å². The van der Waals surface area contributed by atoms with Gasteiger partial charge in [0.25, 0.3) is 0 Å². The summed E-state index contributed by atoms with van der Waals surface area (Å²) in [5.74, 6) is 0.761. The van der Waals surface area contributed by atoms with Gasteiger partial charge in [0.05, 0.1) is 13.2 Å². The molecule has 0 fully saturated rings. The maximum atomic E-state index is 11.6. The molecule has 6 nitrogen and oxygen atoms in total. The van der Waals surface area contributed by atoms with E-state index in [0.29, 0.717) is 25.5 Å². The third-order valence-corrected chi connectivity index (χ3v) is 2.77. The predicted molar refractivity (Wildman–Crippen MR) is 98.4 cm³/mol. The Bertz CT molecular complexity index is 301. The minimum Gasteiger partial charge on any atom is -0.383 e. The van der Waals surface area contributed by atoms with E-state index in [1.165, 1.54) is 0 Å². The lowest BCUT2D eigenvalue weighted by molar-refractivity contribution is -0.121. The number of hydrogen-bond acceptors (Lipinski definition) is 3. The molecule has 0 saturated carbocycles. The van der Waals surface area contributed by atoms with Crippen LogP contribution in [0.1, 0.15) is 40.5 Å². The molecule has 0 aromatic rings. The zero-order valence-electron chi connectivity index (χ0n) is 13.9. The number of rotatable bonds is 9. The highest BCUT2D eigenvalue weighted by atomic mass is 127. The van der Waals surface area contributed by atoms with E-state index >= 15 is 0 Å². The SMILES string of the molecule is CCNC(=NCCC(=O)NC(C)CC)NC(C)COC.I. The molecule has 0 aromatic heterocycles. The lowest BCUT2D eigenvalue weighted by Crippen LogP contribution is -2.44. The number of amides is 1. The molecule has 0 aliphatic heterocycles. The Kier molecular flexibility index (Phi) is 15.5. The van der Waals surface area contributed by atoms with Crippen LogP contribution in [0.5, 0.6) is 0 Å². The van der Waals surface area contributed by atoms with Crippen LogP contribution in [0.4, 0.5) is 0 Å². The second-order valence-corrected chi connectivity index (χ2v) is 4.89. The molecule has 0 rings (SSSR count). The maximum Gasteiger partial charge on any atom is 0.222 e. The van der Waals surface area contributed by atoms with Crippen LogP contribution in [-0.4, -0.2) is 50.8 Å². The minimum atomic E-state index is 0. The van der Waals surface area contributed by atoms with E-state index in [1.807, 2.05) is 27.7 Å². The van der Waals surface area contributed by atoms with Crippen molar-refractivity contribution < 1.29 is 9.53 Å². The van der Waals surface area contributed by atoms with E-state index in [2.05, 4.69) is 20.9 Å². The standard InChI is InChI=1S/C14H30N4O2.HI/c1-6-11(3)17-13(19)8-9-16-14(15-7-2)18-12(4)10-20-5;/h11-12H,6-10H2,1-5H3,(H,17,19)(H2,15,16,18);1H. The molecule has 0 saturated heterocycles. The molecule has 21 heavy (non-hydrogen) atoms. The summed E-state index contributed by atoms with van der Waals surface area (Å²) >= 11 is 0. The van der Waals surface area contributed by atoms with Gasteiger partial charge in [-0.05, 0) is 27.2 Å². The van der Waals surface area contributed by atoms with Crippen molar-refractivity contribution in [3.63, 3.8) is 0 Å². The monoisotopic (exact) mass is 414 g/mol. The highest BCUT2D eigenvalue weighted by Crippen LogP contribution is 1.91. The highest BCUT2D eigenvalue weighted by Gasteiger charge is 2.06. The maximum absolute atomic E-state index is 11.6. The summed E-state index contributed by atoms with van der Waals surface area (Å²) in [6.07, 6.45) is 1.34. The minimum absolute atomic E-state index is 0. The van der Waals surface area contributed by atoms with Gasteiger partial charge in [0.15, 0.2) is 5.96 Å². The van der Waals surface area contributed by atoms with Crippen molar-refractivity contribution in [2.45, 2.75) is 52.6 Å². The first-order valence-electron chi connectivity index (χ1n) is 7.36. The Morgan fingerprint density at radius 1 is 1.19 bits per heavy atom. The molecule has 0 aliphatic carbocycles. The number of guanidine groups is 1. The Labute approximate surface area is 145 Å². The molecule has 0 heterocycles. The van der Waals surface area contributed by atoms with E-state index in [-0.39, 0.29) is 42.0 Å². The van der Waals surface area contributed by atoms with Gasteiger partial charge in [-0.25, -0.2) is 0 Å². The molecular formula is C14H31IN4O2. The fraction of sp³-hybridized carbons (Fsp3) is 0.857. The zero-order chi connectivity index (χ0) is 15.4. The van der Waals surface area contributed by atoms with Crippen molar-refractivity contribution in [2.75, 3.05) is 26.8 Å². The number of ether oxygens (including phenoxy) is 1. The van der Waals surface area contributed by atoms with Gasteiger partial charge in [0.1, 0.15) is 0 Å². The average molecular weight is 414 g/mol. The van der Waals surface area contributed by atoms with Crippen LogP contribution in [0.3, 0.4) is 0 Å². The van der Waals surface area contributed by atoms with E-state index < -0.39 is 0 Å². The molecule has 2 unspecified atom stereocenters. The van der Waals surface area contributed by atoms with Crippen molar-refractivity contribution in [1.29, 1.82) is 0 Å². The van der Waals surface area contributed by atoms with Crippen LogP contribution >= 0.6 is 24.0 Å². The van der Waals surface area contributed by atoms with Crippen LogP contribution < -0.4 is 16.0 Å². The number of nitrogens with zero attached hydrogens (tertiary/aromatic N) is 1. The Morgan fingerprint density at radius 2 is 1.86 bits per heavy atom. The molecule has 0 bridgehead atoms. The molecule has 126 valence electrons. The number of methoxy groups -OCH3 is 1. The summed E-state index contributed by atoms with van der Waals surface area (Å²) in [6.45, 7) is 9.94. The summed E-state index contributed by atoms with van der Waals surface area (Å²) in [6, 6.07) is 0.395. The lowest BCUT2D eigenvalue weighted by Gasteiger charge is -2.17. The zero-order valence-corrected chi connectivity index (χ0v) is 16.2. The number of carbonyl (C=O) groups is 1. The molecule has 3 N–H and O–H groups in total. The number of halogens is 1. The number of nitrogens with one attached hydrogen (secondary N) is 3. The van der Waals surface area contributed by atoms with Crippen molar-refractivity contribution in [2.24, 2.45) is 4.99 Å². The van der Waals surface area contributed by atoms with Gasteiger partial charge in [-0.15, -0.1) is 24.0 Å². The third-order valence-electron chi connectivity index (χ3n) is 2.77. The smallest absolute Gasteiger partial charge is 0.222 e. The number of hydrogen-bond donors (Lipinski definition) is 3. The van der Waals surface area contributed by atoms with Gasteiger partial charge in [-0.2, -0.15) is 0 Å². The molecule has 0 aliphatic rings. The summed E-state index contributed by atoms with van der Waals surface area (Å²) < 4.78 is 5.07. The Morgan fingerprint density at radius 3 is 2.38 bits per heavy atom. The lowest BCUT2D eigenvalue weighted by atomic mass is 10.2. The largest absolute Gasteiger partial charge is 0.383 e. The quantitative estimate of drug-likeness (QED) is 0.304. The fourth-order valence-electron chi connectivity index (χ4n) is 1.56. The Hall–Kier alpha value is -0.570. The summed E-state index contributed by atoms with van der Waals surface area (Å²) in [4.78, 5) is 16.0. The average Bonchev–Trinajstić information content (AvgIpc) is 2.38. The van der Waals surface area contributed by atoms with E-state index in [9.17, 15) is 4.79 Å². The second-order valence-electron chi connectivity index (χ2n) is 4.89. The van der Waals surface area contributed by atoms with Crippen molar-refractivity contribution in [3.05, 3.63) is 0 Å². The molecule has 7 heteroatoms. The van der Waals surface area contributed by atoms with Crippen LogP contribution in [0.2, 0.25) is 0 Å². The fourth-order valence-corrected chi connectivity index (χ4v) is 1.56. The summed E-state index contributed by atoms with van der Waals surface area (Å²) in [5.41, 5.74) is 0. The van der Waals surface area contributed by atoms with Gasteiger partial charge >= 0.3 is 0 Å². The first-order chi connectivity index (χ1) is 9.53. The van der Waals surface area contributed by atoms with Crippen molar-refractivity contribution >= 4 is 35.8 Å². The van der Waals surface area contributed by atoms with Crippen molar-refractivity contribution in [3.8, 4) is 0 Å². The van der Waals surface area contributed by atoms with E-state index in [1.54, 1.807) is 7.11 Å². The normalized spacial score (nSPS) is 13.9. The van der Waals surface area contributed by atoms with E-state index in [4.69, 9.17) is 4.74 Å². The van der Waals surface area contributed by atoms with Crippen LogP contribution in [0, 0.1) is 0 Å². The molecule has 1 amide bonds. The third kappa shape index (κ3) is 12.9. The summed E-state index contributed by atoms with van der Waals surface area (Å²) in [5, 5.41) is 9.30. The van der Waals surface area contributed by atoms with Crippen LogP contribution in [0.15, 0.2) is 4.99 Å². The first-order valence-corrected chi connectivity index (χ1v) is 7.36. The summed E-state index contributed by atoms with van der Waals surface area (Å²) in [7, 11) is 1.67. The topological polar surface area (TPSA) is 74.8 Å². The Balaban J connectivity index is 0. The van der Waals surface area contributed by atoms with Gasteiger partial charge < -0.3 is 20.7 Å². The van der Waals surface area contributed by atoms with Gasteiger partial charge in [-0.3, -0.25) is 9.79 Å². The number of aliphatic imine (C=N–C) groups is 1. The molecule has 0 radical (unpaired) electrons. The van der Waals surface area contributed by atoms with Gasteiger partial charge in [-0.1, -0.05) is 6.92 Å². The molecule has 0 aromatic carbocycles. The molecule has 2 atom stereocenters. The molecular weight excluding hydrogens is 383 g/mol. The van der Waals surface area contributed by atoms with Gasteiger partial charge in [0.2, 0.25) is 5.91 Å². The second kappa shape index (κ2) is 14.4. The number of carbonyl (C=O) groups excluding carboxylic acids is 1. The van der Waals surface area contributed by atoms with Crippen LogP contribution in [0.25, 0.3) is 0 Å². The first kappa shape index (κ1) is 22.7. The van der Waals surface area contributed by atoms with Crippen LogP contribution in [-0.2, 0) is 9.53 Å². The van der Waals surface area contributed by atoms with Gasteiger partial charge in [0, 0.05) is 32.2 Å². The van der Waals surface area contributed by atoms with E-state index in [0.717, 1.165) is 13.0 Å².